The summed E-state index contributed by atoms with van der Waals surface area (Å²) in [4.78, 5) is 0. The molecule has 0 radical (unpaired) electrons. The van der Waals surface area contributed by atoms with E-state index in [2.05, 4.69) is 45.9 Å². The number of hydrogen-bond donors (Lipinski definition) is 0. The topological polar surface area (TPSA) is 9.23 Å². The predicted octanol–water partition coefficient (Wildman–Crippen LogP) is 3.45. The fourth-order valence-electron chi connectivity index (χ4n) is 1.52. The van der Waals surface area contributed by atoms with Gasteiger partial charge >= 0.3 is 0 Å². The molecular formula is C13H13OP. The minimum absolute atomic E-state index is 0.872. The van der Waals surface area contributed by atoms with Crippen LogP contribution in [-0.2, 0) is 6.42 Å². The first-order chi connectivity index (χ1) is 7.38. The van der Waals surface area contributed by atoms with E-state index in [-0.39, 0.29) is 0 Å². The highest BCUT2D eigenvalue weighted by Crippen LogP contribution is 2.16. The van der Waals surface area contributed by atoms with Gasteiger partial charge in [0.1, 0.15) is 5.75 Å². The lowest BCUT2D eigenvalue weighted by molar-refractivity contribution is 0.646. The molecule has 0 aliphatic heterocycles. The Morgan fingerprint density at radius 2 is 1.40 bits per heavy atom. The molecule has 1 atom stereocenters. The zero-order valence-corrected chi connectivity index (χ0v) is 9.54. The van der Waals surface area contributed by atoms with Crippen LogP contribution < -0.4 is 4.52 Å². The van der Waals surface area contributed by atoms with Crippen LogP contribution in [0.2, 0.25) is 0 Å². The molecule has 1 unspecified atom stereocenters. The molecule has 0 N–H and O–H groups in total. The standard InChI is InChI=1S/C13H13OP/c15-14-13-8-6-12(7-9-13)10-11-4-2-1-3-5-11/h1-9H,10,15H2. The van der Waals surface area contributed by atoms with Crippen LogP contribution in [0.15, 0.2) is 54.6 Å². The number of benzene rings is 2. The van der Waals surface area contributed by atoms with E-state index in [1.807, 2.05) is 18.2 Å². The Labute approximate surface area is 92.4 Å². The summed E-state index contributed by atoms with van der Waals surface area (Å²) in [6.45, 7) is 0. The van der Waals surface area contributed by atoms with E-state index in [0.717, 1.165) is 12.2 Å². The molecule has 0 aliphatic rings. The van der Waals surface area contributed by atoms with Crippen LogP contribution in [0.25, 0.3) is 0 Å². The van der Waals surface area contributed by atoms with Gasteiger partial charge in [-0.25, -0.2) is 0 Å². The summed E-state index contributed by atoms with van der Waals surface area (Å²) in [6.07, 6.45) is 0.970. The average molecular weight is 216 g/mol. The van der Waals surface area contributed by atoms with Crippen molar-refractivity contribution < 1.29 is 4.52 Å². The van der Waals surface area contributed by atoms with Gasteiger partial charge in [-0.3, -0.25) is 0 Å². The van der Waals surface area contributed by atoms with Crippen LogP contribution in [0, 0.1) is 0 Å². The molecule has 1 nitrogen and oxygen atoms in total. The van der Waals surface area contributed by atoms with Crippen LogP contribution in [0.5, 0.6) is 5.75 Å². The molecule has 0 amide bonds. The second-order valence-corrected chi connectivity index (χ2v) is 3.66. The Balaban J connectivity index is 2.11. The SMILES string of the molecule is POc1ccc(Cc2ccccc2)cc1. The van der Waals surface area contributed by atoms with Crippen LogP contribution in [-0.4, -0.2) is 0 Å². The summed E-state index contributed by atoms with van der Waals surface area (Å²) < 4.78 is 5.04. The van der Waals surface area contributed by atoms with Crippen molar-refractivity contribution >= 4 is 9.47 Å². The van der Waals surface area contributed by atoms with Crippen LogP contribution in [0.1, 0.15) is 11.1 Å². The normalized spacial score (nSPS) is 9.93. The summed E-state index contributed by atoms with van der Waals surface area (Å²) in [6, 6.07) is 18.6. The van der Waals surface area contributed by atoms with Gasteiger partial charge in [0.25, 0.3) is 0 Å². The molecule has 0 saturated heterocycles. The average Bonchev–Trinajstić information content (AvgIpc) is 2.31. The lowest BCUT2D eigenvalue weighted by Gasteiger charge is -2.03. The van der Waals surface area contributed by atoms with E-state index in [1.54, 1.807) is 0 Å². The first-order valence-electron chi connectivity index (χ1n) is 4.88. The molecule has 0 aliphatic carbocycles. The van der Waals surface area contributed by atoms with Crippen LogP contribution >= 0.6 is 9.47 Å². The van der Waals surface area contributed by atoms with Gasteiger partial charge in [-0.1, -0.05) is 42.5 Å². The molecule has 0 saturated carbocycles. The van der Waals surface area contributed by atoms with Gasteiger partial charge < -0.3 is 4.52 Å². The summed E-state index contributed by atoms with van der Waals surface area (Å²) in [5, 5.41) is 0. The Morgan fingerprint density at radius 3 is 2.00 bits per heavy atom. The smallest absolute Gasteiger partial charge is 0.122 e. The Kier molecular flexibility index (Phi) is 3.37. The fourth-order valence-corrected chi connectivity index (χ4v) is 1.67. The zero-order chi connectivity index (χ0) is 10.5. The van der Waals surface area contributed by atoms with Crippen molar-refractivity contribution in [2.75, 3.05) is 0 Å². The van der Waals surface area contributed by atoms with Crippen molar-refractivity contribution in [3.05, 3.63) is 65.7 Å². The van der Waals surface area contributed by atoms with E-state index < -0.39 is 0 Å². The van der Waals surface area contributed by atoms with Gasteiger partial charge in [-0.15, -0.1) is 0 Å². The predicted molar refractivity (Wildman–Crippen MR) is 66.0 cm³/mol. The third-order valence-corrected chi connectivity index (χ3v) is 2.58. The second kappa shape index (κ2) is 4.95. The van der Waals surface area contributed by atoms with E-state index >= 15 is 0 Å². The highest BCUT2D eigenvalue weighted by Gasteiger charge is 1.96. The molecule has 15 heavy (non-hydrogen) atoms. The third kappa shape index (κ3) is 2.81. The van der Waals surface area contributed by atoms with Gasteiger partial charge in [0.05, 0.1) is 9.47 Å². The van der Waals surface area contributed by atoms with E-state index in [1.165, 1.54) is 11.1 Å². The summed E-state index contributed by atoms with van der Waals surface area (Å²) in [5.74, 6) is 0.872. The maximum Gasteiger partial charge on any atom is 0.122 e. The van der Waals surface area contributed by atoms with Gasteiger partial charge in [-0.05, 0) is 29.7 Å². The number of rotatable bonds is 3. The van der Waals surface area contributed by atoms with E-state index in [4.69, 9.17) is 4.52 Å². The number of hydrogen-bond acceptors (Lipinski definition) is 1. The van der Waals surface area contributed by atoms with Gasteiger partial charge in [0, 0.05) is 0 Å². The van der Waals surface area contributed by atoms with Crippen molar-refractivity contribution in [2.24, 2.45) is 0 Å². The monoisotopic (exact) mass is 216 g/mol. The minimum Gasteiger partial charge on any atom is -0.480 e. The van der Waals surface area contributed by atoms with Crippen molar-refractivity contribution in [1.29, 1.82) is 0 Å². The first kappa shape index (κ1) is 10.2. The Hall–Kier alpha value is -1.33. The molecule has 2 heteroatoms. The molecule has 2 aromatic rings. The minimum atomic E-state index is 0.872. The molecule has 0 aromatic heterocycles. The highest BCUT2D eigenvalue weighted by molar-refractivity contribution is 7.10. The maximum atomic E-state index is 5.04. The van der Waals surface area contributed by atoms with Crippen LogP contribution in [0.4, 0.5) is 0 Å². The molecule has 76 valence electrons. The molecule has 2 aromatic carbocycles. The molecule has 0 bridgehead atoms. The molecular weight excluding hydrogens is 203 g/mol. The van der Waals surface area contributed by atoms with E-state index in [0.29, 0.717) is 0 Å². The summed E-state index contributed by atoms with van der Waals surface area (Å²) >= 11 is 0. The maximum absolute atomic E-state index is 5.04. The summed E-state index contributed by atoms with van der Waals surface area (Å²) in [5.41, 5.74) is 2.63. The van der Waals surface area contributed by atoms with Gasteiger partial charge in [0.15, 0.2) is 0 Å². The molecule has 0 fully saturated rings. The highest BCUT2D eigenvalue weighted by atomic mass is 31.0. The zero-order valence-electron chi connectivity index (χ0n) is 8.39. The lowest BCUT2D eigenvalue weighted by Crippen LogP contribution is -1.87. The van der Waals surface area contributed by atoms with Crippen molar-refractivity contribution in [3.8, 4) is 5.75 Å². The first-order valence-corrected chi connectivity index (χ1v) is 5.35. The quantitative estimate of drug-likeness (QED) is 0.714. The van der Waals surface area contributed by atoms with Crippen molar-refractivity contribution in [2.45, 2.75) is 6.42 Å². The van der Waals surface area contributed by atoms with E-state index in [9.17, 15) is 0 Å². The van der Waals surface area contributed by atoms with Crippen molar-refractivity contribution in [3.63, 3.8) is 0 Å². The Morgan fingerprint density at radius 1 is 0.800 bits per heavy atom. The molecule has 2 rings (SSSR count). The van der Waals surface area contributed by atoms with Crippen LogP contribution in [0.3, 0.4) is 0 Å². The molecule has 0 heterocycles. The summed E-state index contributed by atoms with van der Waals surface area (Å²) in [7, 11) is 2.25. The second-order valence-electron chi connectivity index (χ2n) is 3.42. The van der Waals surface area contributed by atoms with Gasteiger partial charge in [0.2, 0.25) is 0 Å². The van der Waals surface area contributed by atoms with Crippen molar-refractivity contribution in [1.82, 2.24) is 0 Å². The fraction of sp³-hybridized carbons (Fsp3) is 0.0769. The van der Waals surface area contributed by atoms with Gasteiger partial charge in [-0.2, -0.15) is 0 Å². The largest absolute Gasteiger partial charge is 0.480 e. The Bertz CT molecular complexity index is 408. The third-order valence-electron chi connectivity index (χ3n) is 2.31. The lowest BCUT2D eigenvalue weighted by atomic mass is 10.1. The molecule has 0 spiro atoms.